The standard InChI is InChI=1S/C23H24N2O4/c1-5-18-20(6-2)25(3)15-19(22(18)27)21(26)11-10-16-8-7-9-17(14-16)23(28)24-12-13-29-4/h5-11,14-15H,1-2,12-13H2,3-4H3,(H,24,28)/b11-10+. The molecule has 0 bridgehead atoms. The first-order chi connectivity index (χ1) is 13.9. The molecule has 2 aromatic rings. The van der Waals surface area contributed by atoms with Gasteiger partial charge >= 0.3 is 0 Å². The molecule has 1 N–H and O–H groups in total. The first kappa shape index (κ1) is 21.8. The van der Waals surface area contributed by atoms with Crippen molar-refractivity contribution in [3.05, 3.63) is 87.9 Å². The van der Waals surface area contributed by atoms with Crippen LogP contribution in [0.25, 0.3) is 18.2 Å². The number of benzene rings is 1. The lowest BCUT2D eigenvalue weighted by molar-refractivity contribution is 0.0936. The zero-order chi connectivity index (χ0) is 21.4. The monoisotopic (exact) mass is 392 g/mol. The Morgan fingerprint density at radius 3 is 2.66 bits per heavy atom. The minimum absolute atomic E-state index is 0.0395. The predicted molar refractivity (Wildman–Crippen MR) is 116 cm³/mol. The molecule has 0 fully saturated rings. The Kier molecular flexibility index (Phi) is 7.62. The molecule has 0 spiro atoms. The first-order valence-electron chi connectivity index (χ1n) is 9.01. The molecule has 1 heterocycles. The third-order valence-corrected chi connectivity index (χ3v) is 4.30. The van der Waals surface area contributed by atoms with Gasteiger partial charge in [-0.1, -0.05) is 37.4 Å². The lowest BCUT2D eigenvalue weighted by Gasteiger charge is -2.10. The van der Waals surface area contributed by atoms with Gasteiger partial charge in [0, 0.05) is 38.0 Å². The van der Waals surface area contributed by atoms with Crippen LogP contribution >= 0.6 is 0 Å². The van der Waals surface area contributed by atoms with Gasteiger partial charge in [0.15, 0.2) is 5.78 Å². The number of nitrogens with zero attached hydrogens (tertiary/aromatic N) is 1. The van der Waals surface area contributed by atoms with E-state index in [9.17, 15) is 14.4 Å². The summed E-state index contributed by atoms with van der Waals surface area (Å²) in [5.41, 5.74) is 1.71. The van der Waals surface area contributed by atoms with Gasteiger partial charge in [0.05, 0.1) is 17.9 Å². The van der Waals surface area contributed by atoms with E-state index in [-0.39, 0.29) is 11.5 Å². The third kappa shape index (κ3) is 5.27. The Labute approximate surface area is 169 Å². The molecule has 1 aromatic heterocycles. The van der Waals surface area contributed by atoms with Crippen molar-refractivity contribution in [1.82, 2.24) is 9.88 Å². The number of amides is 1. The van der Waals surface area contributed by atoms with Crippen molar-refractivity contribution >= 4 is 29.9 Å². The SMILES string of the molecule is C=Cc1c(C=C)n(C)cc(C(=O)/C=C/c2cccc(C(=O)NCCOC)c2)c1=O. The molecule has 1 amide bonds. The lowest BCUT2D eigenvalue weighted by atomic mass is 10.0. The number of allylic oxidation sites excluding steroid dienone is 1. The van der Waals surface area contributed by atoms with Crippen molar-refractivity contribution in [2.45, 2.75) is 0 Å². The first-order valence-corrected chi connectivity index (χ1v) is 9.01. The molecule has 0 saturated carbocycles. The van der Waals surface area contributed by atoms with E-state index in [1.165, 1.54) is 18.3 Å². The highest BCUT2D eigenvalue weighted by atomic mass is 16.5. The molecule has 1 aromatic carbocycles. The summed E-state index contributed by atoms with van der Waals surface area (Å²) in [6.45, 7) is 8.17. The molecule has 6 nitrogen and oxygen atoms in total. The van der Waals surface area contributed by atoms with Gasteiger partial charge < -0.3 is 14.6 Å². The molecule has 29 heavy (non-hydrogen) atoms. The van der Waals surface area contributed by atoms with E-state index in [0.29, 0.717) is 35.5 Å². The number of aromatic nitrogens is 1. The van der Waals surface area contributed by atoms with Crippen molar-refractivity contribution in [3.8, 4) is 0 Å². The predicted octanol–water partition coefficient (Wildman–Crippen LogP) is 2.94. The van der Waals surface area contributed by atoms with Gasteiger partial charge in [-0.05, 0) is 29.8 Å². The number of hydrogen-bond donors (Lipinski definition) is 1. The number of nitrogens with one attached hydrogen (secondary N) is 1. The average Bonchev–Trinajstić information content (AvgIpc) is 2.73. The van der Waals surface area contributed by atoms with Gasteiger partial charge in [0.25, 0.3) is 5.91 Å². The van der Waals surface area contributed by atoms with E-state index in [1.54, 1.807) is 55.1 Å². The number of rotatable bonds is 9. The van der Waals surface area contributed by atoms with Gasteiger partial charge in [0.2, 0.25) is 5.43 Å². The fourth-order valence-electron chi connectivity index (χ4n) is 2.81. The smallest absolute Gasteiger partial charge is 0.251 e. The van der Waals surface area contributed by atoms with Crippen LogP contribution in [0.2, 0.25) is 0 Å². The van der Waals surface area contributed by atoms with Gasteiger partial charge in [-0.15, -0.1) is 0 Å². The van der Waals surface area contributed by atoms with Gasteiger partial charge in [-0.3, -0.25) is 14.4 Å². The number of ketones is 1. The van der Waals surface area contributed by atoms with Gasteiger partial charge in [-0.2, -0.15) is 0 Å². The normalized spacial score (nSPS) is 10.7. The second-order valence-corrected chi connectivity index (χ2v) is 6.26. The highest BCUT2D eigenvalue weighted by Gasteiger charge is 2.14. The van der Waals surface area contributed by atoms with Crippen LogP contribution in [0.5, 0.6) is 0 Å². The molecule has 0 radical (unpaired) electrons. The third-order valence-electron chi connectivity index (χ3n) is 4.30. The summed E-state index contributed by atoms with van der Waals surface area (Å²) in [5, 5.41) is 2.74. The highest BCUT2D eigenvalue weighted by Crippen LogP contribution is 2.11. The summed E-state index contributed by atoms with van der Waals surface area (Å²) in [6.07, 6.45) is 7.34. The van der Waals surface area contributed by atoms with Crippen LogP contribution in [0.1, 0.15) is 37.5 Å². The Bertz CT molecular complexity index is 1030. The molecule has 0 unspecified atom stereocenters. The summed E-state index contributed by atoms with van der Waals surface area (Å²) in [4.78, 5) is 37.3. The number of pyridine rings is 1. The number of carbonyl (C=O) groups excluding carboxylic acids is 2. The quantitative estimate of drug-likeness (QED) is 0.404. The Balaban J connectivity index is 2.26. The largest absolute Gasteiger partial charge is 0.383 e. The van der Waals surface area contributed by atoms with E-state index in [4.69, 9.17) is 4.74 Å². The second-order valence-electron chi connectivity index (χ2n) is 6.26. The fourth-order valence-corrected chi connectivity index (χ4v) is 2.81. The van der Waals surface area contributed by atoms with Crippen LogP contribution in [0, 0.1) is 0 Å². The second kappa shape index (κ2) is 10.1. The maximum absolute atomic E-state index is 12.6. The maximum atomic E-state index is 12.6. The summed E-state index contributed by atoms with van der Waals surface area (Å²) >= 11 is 0. The minimum Gasteiger partial charge on any atom is -0.383 e. The van der Waals surface area contributed by atoms with E-state index in [0.717, 1.165) is 0 Å². The Morgan fingerprint density at radius 1 is 1.24 bits per heavy atom. The minimum atomic E-state index is -0.431. The highest BCUT2D eigenvalue weighted by molar-refractivity contribution is 6.07. The van der Waals surface area contributed by atoms with E-state index >= 15 is 0 Å². The van der Waals surface area contributed by atoms with Crippen molar-refractivity contribution in [2.24, 2.45) is 7.05 Å². The van der Waals surface area contributed by atoms with Crippen LogP contribution in [0.3, 0.4) is 0 Å². The molecular formula is C23H24N2O4. The molecule has 0 aliphatic rings. The topological polar surface area (TPSA) is 77.4 Å². The zero-order valence-electron chi connectivity index (χ0n) is 16.6. The van der Waals surface area contributed by atoms with E-state index < -0.39 is 11.2 Å². The number of hydrogen-bond acceptors (Lipinski definition) is 4. The number of carbonyl (C=O) groups is 2. The van der Waals surface area contributed by atoms with Crippen molar-refractivity contribution in [1.29, 1.82) is 0 Å². The molecule has 6 heteroatoms. The van der Waals surface area contributed by atoms with Crippen LogP contribution in [-0.4, -0.2) is 36.5 Å². The van der Waals surface area contributed by atoms with Gasteiger partial charge in [0.1, 0.15) is 0 Å². The zero-order valence-corrected chi connectivity index (χ0v) is 16.6. The molecule has 0 atom stereocenters. The maximum Gasteiger partial charge on any atom is 0.251 e. The van der Waals surface area contributed by atoms with E-state index in [2.05, 4.69) is 18.5 Å². The fraction of sp³-hybridized carbons (Fsp3) is 0.174. The van der Waals surface area contributed by atoms with Crippen LogP contribution in [0.4, 0.5) is 0 Å². The number of methoxy groups -OCH3 is 1. The molecule has 0 aliphatic heterocycles. The lowest BCUT2D eigenvalue weighted by Crippen LogP contribution is -2.26. The molecule has 0 saturated heterocycles. The average molecular weight is 392 g/mol. The molecule has 150 valence electrons. The van der Waals surface area contributed by atoms with Crippen LogP contribution in [-0.2, 0) is 11.8 Å². The van der Waals surface area contributed by atoms with Crippen molar-refractivity contribution in [3.63, 3.8) is 0 Å². The van der Waals surface area contributed by atoms with Crippen LogP contribution in [0.15, 0.2) is 54.5 Å². The van der Waals surface area contributed by atoms with Crippen LogP contribution < -0.4 is 10.7 Å². The Morgan fingerprint density at radius 2 is 2.00 bits per heavy atom. The number of aryl methyl sites for hydroxylation is 1. The molecule has 2 rings (SSSR count). The van der Waals surface area contributed by atoms with E-state index in [1.807, 2.05) is 0 Å². The molecular weight excluding hydrogens is 368 g/mol. The van der Waals surface area contributed by atoms with Crippen molar-refractivity contribution in [2.75, 3.05) is 20.3 Å². The van der Waals surface area contributed by atoms with Crippen molar-refractivity contribution < 1.29 is 14.3 Å². The van der Waals surface area contributed by atoms with Gasteiger partial charge in [-0.25, -0.2) is 0 Å². The Hall–Kier alpha value is -3.51. The number of ether oxygens (including phenoxy) is 1. The summed E-state index contributed by atoms with van der Waals surface area (Å²) in [5.74, 6) is -0.660. The summed E-state index contributed by atoms with van der Waals surface area (Å²) < 4.78 is 6.57. The summed E-state index contributed by atoms with van der Waals surface area (Å²) in [7, 11) is 3.29. The summed E-state index contributed by atoms with van der Waals surface area (Å²) in [6, 6.07) is 6.84. The molecule has 0 aliphatic carbocycles.